The van der Waals surface area contributed by atoms with Gasteiger partial charge in [-0.2, -0.15) is 0 Å². The maximum Gasteiger partial charge on any atom is -0.00211 e. The summed E-state index contributed by atoms with van der Waals surface area (Å²) in [7, 11) is 0. The Balaban J connectivity index is 2.33. The predicted molar refractivity (Wildman–Crippen MR) is 95.1 cm³/mol. The fourth-order valence-electron chi connectivity index (χ4n) is 3.30. The predicted octanol–water partition coefficient (Wildman–Crippen LogP) is 6.05. The van der Waals surface area contributed by atoms with Crippen molar-refractivity contribution in [2.24, 2.45) is 0 Å². The lowest BCUT2D eigenvalue weighted by molar-refractivity contribution is 1.35. The van der Waals surface area contributed by atoms with Gasteiger partial charge in [0.2, 0.25) is 0 Å². The van der Waals surface area contributed by atoms with Gasteiger partial charge in [0.25, 0.3) is 0 Å². The van der Waals surface area contributed by atoms with Crippen LogP contribution in [0.3, 0.4) is 0 Å². The first kappa shape index (κ1) is 14.6. The van der Waals surface area contributed by atoms with E-state index in [-0.39, 0.29) is 0 Å². The molecule has 0 heteroatoms. The summed E-state index contributed by atoms with van der Waals surface area (Å²) >= 11 is 0. The van der Waals surface area contributed by atoms with Crippen LogP contribution in [0.25, 0.3) is 22.3 Å². The van der Waals surface area contributed by atoms with Gasteiger partial charge in [-0.3, -0.25) is 0 Å². The van der Waals surface area contributed by atoms with Gasteiger partial charge in [0.1, 0.15) is 0 Å². The fraction of sp³-hybridized carbons (Fsp3) is 0.182. The highest BCUT2D eigenvalue weighted by atomic mass is 14.2. The molecule has 0 aliphatic heterocycles. The third-order valence-electron chi connectivity index (χ3n) is 4.34. The Morgan fingerprint density at radius 2 is 1.09 bits per heavy atom. The van der Waals surface area contributed by atoms with E-state index in [1.165, 1.54) is 44.5 Å². The molecule has 0 bridgehead atoms. The summed E-state index contributed by atoms with van der Waals surface area (Å²) in [5, 5.41) is 0. The van der Waals surface area contributed by atoms with E-state index >= 15 is 0 Å². The average molecular weight is 285 g/mol. The first-order chi connectivity index (χ1) is 10.6. The van der Waals surface area contributed by atoms with E-state index in [0.29, 0.717) is 0 Å². The molecule has 109 valence electrons. The van der Waals surface area contributed by atoms with Gasteiger partial charge in [0, 0.05) is 0 Å². The third kappa shape index (κ3) is 2.46. The van der Waals surface area contributed by atoms with Gasteiger partial charge < -0.3 is 0 Å². The highest BCUT2D eigenvalue weighted by Crippen LogP contribution is 2.37. The van der Waals surface area contributed by atoms with Crippen LogP contribution in [0.4, 0.5) is 0 Å². The Kier molecular flexibility index (Phi) is 3.85. The minimum absolute atomic E-state index is 1.20. The van der Waals surface area contributed by atoms with Gasteiger partial charge in [0.05, 0.1) is 0 Å². The Labute approximate surface area is 133 Å². The SMILES string of the molecule is Cc1cccc(C)c1-c1[c]cccc1-c1c(C)cccc1C. The van der Waals surface area contributed by atoms with Gasteiger partial charge in [-0.15, -0.1) is 0 Å². The minimum atomic E-state index is 1.20. The monoisotopic (exact) mass is 285 g/mol. The highest BCUT2D eigenvalue weighted by Gasteiger charge is 2.14. The van der Waals surface area contributed by atoms with Crippen LogP contribution < -0.4 is 0 Å². The van der Waals surface area contributed by atoms with Crippen molar-refractivity contribution in [3.63, 3.8) is 0 Å². The topological polar surface area (TPSA) is 0 Å². The molecule has 0 nitrogen and oxygen atoms in total. The molecule has 0 spiro atoms. The fourth-order valence-corrected chi connectivity index (χ4v) is 3.30. The number of hydrogen-bond acceptors (Lipinski definition) is 0. The molecule has 22 heavy (non-hydrogen) atoms. The molecule has 0 aliphatic carbocycles. The molecule has 0 atom stereocenters. The lowest BCUT2D eigenvalue weighted by Gasteiger charge is -2.17. The molecule has 0 saturated carbocycles. The largest absolute Gasteiger partial charge is 0.0617 e. The first-order valence-corrected chi connectivity index (χ1v) is 7.73. The van der Waals surface area contributed by atoms with E-state index in [0.717, 1.165) is 0 Å². The number of rotatable bonds is 2. The number of hydrogen-bond donors (Lipinski definition) is 0. The summed E-state index contributed by atoms with van der Waals surface area (Å²) in [5.41, 5.74) is 10.3. The van der Waals surface area contributed by atoms with Crippen molar-refractivity contribution < 1.29 is 0 Å². The van der Waals surface area contributed by atoms with Gasteiger partial charge in [-0.05, 0) is 78.3 Å². The van der Waals surface area contributed by atoms with E-state index in [1.807, 2.05) is 6.07 Å². The first-order valence-electron chi connectivity index (χ1n) is 7.73. The minimum Gasteiger partial charge on any atom is -0.0617 e. The Hall–Kier alpha value is -2.34. The van der Waals surface area contributed by atoms with Crippen molar-refractivity contribution in [3.8, 4) is 22.3 Å². The van der Waals surface area contributed by atoms with Crippen molar-refractivity contribution in [1.29, 1.82) is 0 Å². The molecule has 0 unspecified atom stereocenters. The van der Waals surface area contributed by atoms with Crippen LogP contribution in [-0.4, -0.2) is 0 Å². The molecule has 3 aromatic rings. The molecular formula is C22H21. The lowest BCUT2D eigenvalue weighted by Crippen LogP contribution is -1.94. The van der Waals surface area contributed by atoms with Crippen molar-refractivity contribution in [3.05, 3.63) is 82.9 Å². The van der Waals surface area contributed by atoms with Crippen molar-refractivity contribution in [2.75, 3.05) is 0 Å². The lowest BCUT2D eigenvalue weighted by atomic mass is 9.86. The van der Waals surface area contributed by atoms with Crippen LogP contribution in [-0.2, 0) is 0 Å². The smallest absolute Gasteiger partial charge is 0.00211 e. The van der Waals surface area contributed by atoms with Crippen LogP contribution in [0, 0.1) is 33.8 Å². The van der Waals surface area contributed by atoms with Crippen molar-refractivity contribution in [2.45, 2.75) is 27.7 Å². The summed E-state index contributed by atoms with van der Waals surface area (Å²) in [6, 6.07) is 22.8. The summed E-state index contributed by atoms with van der Waals surface area (Å²) in [6.07, 6.45) is 0. The molecule has 0 aliphatic rings. The van der Waals surface area contributed by atoms with E-state index < -0.39 is 0 Å². The molecule has 0 heterocycles. The quantitative estimate of drug-likeness (QED) is 0.537. The second-order valence-electron chi connectivity index (χ2n) is 5.99. The summed E-state index contributed by atoms with van der Waals surface area (Å²) in [4.78, 5) is 0. The van der Waals surface area contributed by atoms with Crippen LogP contribution in [0.15, 0.2) is 54.6 Å². The zero-order valence-electron chi connectivity index (χ0n) is 13.7. The Morgan fingerprint density at radius 1 is 0.591 bits per heavy atom. The average Bonchev–Trinajstić information content (AvgIpc) is 2.48. The molecule has 0 aromatic heterocycles. The molecule has 3 rings (SSSR count). The zero-order valence-corrected chi connectivity index (χ0v) is 13.7. The van der Waals surface area contributed by atoms with Crippen LogP contribution >= 0.6 is 0 Å². The maximum absolute atomic E-state index is 3.49. The second-order valence-corrected chi connectivity index (χ2v) is 5.99. The second kappa shape index (κ2) is 5.81. The maximum atomic E-state index is 3.49. The van der Waals surface area contributed by atoms with Crippen LogP contribution in [0.2, 0.25) is 0 Å². The molecule has 3 aromatic carbocycles. The molecule has 0 saturated heterocycles. The third-order valence-corrected chi connectivity index (χ3v) is 4.34. The molecule has 0 N–H and O–H groups in total. The van der Waals surface area contributed by atoms with Gasteiger partial charge in [-0.1, -0.05) is 54.6 Å². The summed E-state index contributed by atoms with van der Waals surface area (Å²) in [6.45, 7) is 8.73. The van der Waals surface area contributed by atoms with Gasteiger partial charge in [0.15, 0.2) is 0 Å². The van der Waals surface area contributed by atoms with Crippen molar-refractivity contribution in [1.82, 2.24) is 0 Å². The normalized spacial score (nSPS) is 10.7. The van der Waals surface area contributed by atoms with Crippen LogP contribution in [0.5, 0.6) is 0 Å². The van der Waals surface area contributed by atoms with Crippen molar-refractivity contribution >= 4 is 0 Å². The standard InChI is InChI=1S/C22H21/c1-15-9-7-10-16(2)21(15)19-13-5-6-14-20(19)22-17(3)11-8-12-18(22)4/h5-13H,1-4H3. The van der Waals surface area contributed by atoms with E-state index in [2.05, 4.69) is 82.3 Å². The number of benzene rings is 3. The summed E-state index contributed by atoms with van der Waals surface area (Å²) < 4.78 is 0. The number of aryl methyl sites for hydroxylation is 4. The summed E-state index contributed by atoms with van der Waals surface area (Å²) in [5.74, 6) is 0. The van der Waals surface area contributed by atoms with E-state index in [4.69, 9.17) is 0 Å². The molecule has 0 fully saturated rings. The van der Waals surface area contributed by atoms with Gasteiger partial charge >= 0.3 is 0 Å². The molecule has 0 amide bonds. The zero-order chi connectivity index (χ0) is 15.7. The van der Waals surface area contributed by atoms with Crippen LogP contribution in [0.1, 0.15) is 22.3 Å². The van der Waals surface area contributed by atoms with Gasteiger partial charge in [-0.25, -0.2) is 0 Å². The Bertz CT molecular complexity index is 714. The highest BCUT2D eigenvalue weighted by molar-refractivity contribution is 5.88. The molecular weight excluding hydrogens is 264 g/mol. The van der Waals surface area contributed by atoms with E-state index in [1.54, 1.807) is 0 Å². The molecule has 1 radical (unpaired) electrons. The van der Waals surface area contributed by atoms with E-state index in [9.17, 15) is 0 Å². The Morgan fingerprint density at radius 3 is 1.64 bits per heavy atom.